The number of aromatic nitrogens is 2. The standard InChI is InChI=1S/C15H18N2O3S/c1-20-9-6-11-4-2-3-5-12(11)13-10-14(19)16-15(21)17(13)7-8-18/h2-5,10,18H,6-9H2,1H3,(H,16,19,21). The topological polar surface area (TPSA) is 67.2 Å². The smallest absolute Gasteiger partial charge is 0.252 e. The van der Waals surface area contributed by atoms with Crippen LogP contribution < -0.4 is 5.56 Å². The Balaban J connectivity index is 2.61. The van der Waals surface area contributed by atoms with E-state index in [1.54, 1.807) is 11.7 Å². The number of methoxy groups -OCH3 is 1. The summed E-state index contributed by atoms with van der Waals surface area (Å²) >= 11 is 5.19. The highest BCUT2D eigenvalue weighted by molar-refractivity contribution is 7.71. The van der Waals surface area contributed by atoms with Crippen molar-refractivity contribution in [3.05, 3.63) is 51.0 Å². The molecular weight excluding hydrogens is 288 g/mol. The second-order valence-corrected chi connectivity index (χ2v) is 4.99. The van der Waals surface area contributed by atoms with Gasteiger partial charge in [0.2, 0.25) is 0 Å². The Morgan fingerprint density at radius 1 is 1.38 bits per heavy atom. The highest BCUT2D eigenvalue weighted by atomic mass is 32.1. The molecule has 0 aliphatic heterocycles. The van der Waals surface area contributed by atoms with Crippen LogP contribution in [-0.2, 0) is 17.7 Å². The number of aliphatic hydroxyl groups excluding tert-OH is 1. The predicted octanol–water partition coefficient (Wildman–Crippen LogP) is 1.75. The maximum Gasteiger partial charge on any atom is 0.252 e. The van der Waals surface area contributed by atoms with E-state index in [9.17, 15) is 9.90 Å². The van der Waals surface area contributed by atoms with E-state index in [0.717, 1.165) is 17.5 Å². The van der Waals surface area contributed by atoms with Crippen LogP contribution in [0.4, 0.5) is 0 Å². The molecule has 2 N–H and O–H groups in total. The van der Waals surface area contributed by atoms with Crippen molar-refractivity contribution in [2.24, 2.45) is 0 Å². The van der Waals surface area contributed by atoms with Crippen LogP contribution in [0.15, 0.2) is 35.1 Å². The first kappa shape index (κ1) is 15.6. The number of hydrogen-bond donors (Lipinski definition) is 2. The maximum atomic E-state index is 11.7. The van der Waals surface area contributed by atoms with Gasteiger partial charge in [0.15, 0.2) is 4.77 Å². The van der Waals surface area contributed by atoms with Gasteiger partial charge in [0, 0.05) is 25.3 Å². The van der Waals surface area contributed by atoms with E-state index in [1.807, 2.05) is 24.3 Å². The number of H-pyrrole nitrogens is 1. The van der Waals surface area contributed by atoms with Gasteiger partial charge in [0.25, 0.3) is 5.56 Å². The van der Waals surface area contributed by atoms with Gasteiger partial charge in [0.05, 0.1) is 18.9 Å². The summed E-state index contributed by atoms with van der Waals surface area (Å²) < 4.78 is 7.18. The third kappa shape index (κ3) is 3.66. The number of aliphatic hydroxyl groups is 1. The zero-order chi connectivity index (χ0) is 15.2. The SMILES string of the molecule is COCCc1ccccc1-c1cc(=O)[nH]c(=S)n1CCO. The number of ether oxygens (including phenoxy) is 1. The van der Waals surface area contributed by atoms with E-state index in [4.69, 9.17) is 17.0 Å². The van der Waals surface area contributed by atoms with Crippen LogP contribution in [0.5, 0.6) is 0 Å². The Kier molecular flexibility index (Phi) is 5.44. The summed E-state index contributed by atoms with van der Waals surface area (Å²) in [5.41, 5.74) is 2.47. The summed E-state index contributed by atoms with van der Waals surface area (Å²) in [6, 6.07) is 9.33. The Morgan fingerprint density at radius 3 is 2.86 bits per heavy atom. The van der Waals surface area contributed by atoms with E-state index in [1.165, 1.54) is 6.07 Å². The number of nitrogens with zero attached hydrogens (tertiary/aromatic N) is 1. The lowest BCUT2D eigenvalue weighted by Crippen LogP contribution is -2.17. The van der Waals surface area contributed by atoms with Crippen molar-refractivity contribution in [3.63, 3.8) is 0 Å². The van der Waals surface area contributed by atoms with E-state index in [0.29, 0.717) is 23.6 Å². The summed E-state index contributed by atoms with van der Waals surface area (Å²) in [5.74, 6) is 0. The van der Waals surface area contributed by atoms with Gasteiger partial charge >= 0.3 is 0 Å². The van der Waals surface area contributed by atoms with E-state index < -0.39 is 0 Å². The molecule has 0 saturated heterocycles. The van der Waals surface area contributed by atoms with Crippen LogP contribution in [0, 0.1) is 4.77 Å². The molecule has 2 aromatic rings. The van der Waals surface area contributed by atoms with Crippen molar-refractivity contribution >= 4 is 12.2 Å². The fourth-order valence-electron chi connectivity index (χ4n) is 2.27. The zero-order valence-electron chi connectivity index (χ0n) is 11.8. The molecule has 0 bridgehead atoms. The van der Waals surface area contributed by atoms with Gasteiger partial charge in [-0.3, -0.25) is 9.78 Å². The van der Waals surface area contributed by atoms with Gasteiger partial charge in [-0.05, 0) is 24.2 Å². The van der Waals surface area contributed by atoms with Crippen LogP contribution in [0.25, 0.3) is 11.3 Å². The molecule has 0 aliphatic rings. The summed E-state index contributed by atoms with van der Waals surface area (Å²) in [6.45, 7) is 0.887. The molecule has 0 atom stereocenters. The van der Waals surface area contributed by atoms with Crippen LogP contribution >= 0.6 is 12.2 Å². The second kappa shape index (κ2) is 7.31. The van der Waals surface area contributed by atoms with Crippen molar-refractivity contribution in [1.29, 1.82) is 0 Å². The highest BCUT2D eigenvalue weighted by Gasteiger charge is 2.10. The molecule has 21 heavy (non-hydrogen) atoms. The van der Waals surface area contributed by atoms with Crippen LogP contribution in [0.3, 0.4) is 0 Å². The Labute approximate surface area is 127 Å². The Bertz CT molecular complexity index is 721. The van der Waals surface area contributed by atoms with E-state index in [-0.39, 0.29) is 12.2 Å². The van der Waals surface area contributed by atoms with Crippen molar-refractivity contribution in [3.8, 4) is 11.3 Å². The Morgan fingerprint density at radius 2 is 2.14 bits per heavy atom. The molecule has 112 valence electrons. The molecule has 2 rings (SSSR count). The Hall–Kier alpha value is -1.76. The van der Waals surface area contributed by atoms with Gasteiger partial charge in [-0.15, -0.1) is 0 Å². The maximum absolute atomic E-state index is 11.7. The number of nitrogens with one attached hydrogen (secondary N) is 1. The molecule has 0 fully saturated rings. The predicted molar refractivity (Wildman–Crippen MR) is 84.0 cm³/mol. The van der Waals surface area contributed by atoms with Crippen molar-refractivity contribution in [2.45, 2.75) is 13.0 Å². The lowest BCUT2D eigenvalue weighted by Gasteiger charge is -2.15. The third-order valence-corrected chi connectivity index (χ3v) is 3.55. The van der Waals surface area contributed by atoms with E-state index in [2.05, 4.69) is 4.98 Å². The van der Waals surface area contributed by atoms with Gasteiger partial charge < -0.3 is 14.4 Å². The minimum absolute atomic E-state index is 0.0480. The van der Waals surface area contributed by atoms with Gasteiger partial charge in [-0.1, -0.05) is 24.3 Å². The molecule has 1 heterocycles. The number of hydrogen-bond acceptors (Lipinski definition) is 4. The monoisotopic (exact) mass is 306 g/mol. The molecule has 6 heteroatoms. The lowest BCUT2D eigenvalue weighted by molar-refractivity contribution is 0.202. The molecule has 0 aliphatic carbocycles. The minimum atomic E-state index is -0.245. The fourth-order valence-corrected chi connectivity index (χ4v) is 2.56. The summed E-state index contributed by atoms with van der Waals surface area (Å²) in [6.07, 6.45) is 0.741. The zero-order valence-corrected chi connectivity index (χ0v) is 12.7. The summed E-state index contributed by atoms with van der Waals surface area (Å²) in [5, 5.41) is 9.22. The third-order valence-electron chi connectivity index (χ3n) is 3.23. The average Bonchev–Trinajstić information content (AvgIpc) is 2.48. The van der Waals surface area contributed by atoms with Gasteiger partial charge in [-0.25, -0.2) is 0 Å². The quantitative estimate of drug-likeness (QED) is 0.798. The molecule has 0 spiro atoms. The first-order valence-electron chi connectivity index (χ1n) is 6.69. The number of rotatable bonds is 6. The molecule has 0 amide bonds. The lowest BCUT2D eigenvalue weighted by atomic mass is 10.0. The normalized spacial score (nSPS) is 10.8. The van der Waals surface area contributed by atoms with Gasteiger partial charge in [-0.2, -0.15) is 0 Å². The first-order chi connectivity index (χ1) is 10.2. The molecule has 1 aromatic heterocycles. The largest absolute Gasteiger partial charge is 0.395 e. The number of aromatic amines is 1. The molecule has 0 saturated carbocycles. The molecular formula is C15H18N2O3S. The van der Waals surface area contributed by atoms with Crippen LogP contribution in [0.2, 0.25) is 0 Å². The summed E-state index contributed by atoms with van der Waals surface area (Å²) in [4.78, 5) is 14.3. The first-order valence-corrected chi connectivity index (χ1v) is 7.10. The molecule has 0 radical (unpaired) electrons. The molecule has 1 aromatic carbocycles. The van der Waals surface area contributed by atoms with Crippen molar-refractivity contribution in [1.82, 2.24) is 9.55 Å². The minimum Gasteiger partial charge on any atom is -0.395 e. The van der Waals surface area contributed by atoms with Crippen molar-refractivity contribution in [2.75, 3.05) is 20.3 Å². The molecule has 5 nitrogen and oxygen atoms in total. The van der Waals surface area contributed by atoms with E-state index >= 15 is 0 Å². The van der Waals surface area contributed by atoms with Crippen LogP contribution in [-0.4, -0.2) is 35.0 Å². The fraction of sp³-hybridized carbons (Fsp3) is 0.333. The van der Waals surface area contributed by atoms with Crippen LogP contribution in [0.1, 0.15) is 5.56 Å². The highest BCUT2D eigenvalue weighted by Crippen LogP contribution is 2.23. The van der Waals surface area contributed by atoms with Crippen molar-refractivity contribution < 1.29 is 9.84 Å². The summed E-state index contributed by atoms with van der Waals surface area (Å²) in [7, 11) is 1.66. The average molecular weight is 306 g/mol. The molecule has 0 unspecified atom stereocenters. The van der Waals surface area contributed by atoms with Gasteiger partial charge in [0.1, 0.15) is 0 Å². The second-order valence-electron chi connectivity index (χ2n) is 4.60. The number of benzene rings is 1.